The van der Waals surface area contributed by atoms with Crippen molar-refractivity contribution in [2.75, 3.05) is 5.32 Å². The lowest BCUT2D eigenvalue weighted by atomic mass is 9.92. The fourth-order valence-electron chi connectivity index (χ4n) is 3.60. The van der Waals surface area contributed by atoms with Crippen LogP contribution in [0.5, 0.6) is 0 Å². The normalized spacial score (nSPS) is 23.8. The van der Waals surface area contributed by atoms with E-state index in [9.17, 15) is 19.2 Å². The van der Waals surface area contributed by atoms with Gasteiger partial charge in [-0.1, -0.05) is 6.07 Å². The number of amides is 4. The molecule has 2 N–H and O–H groups in total. The Balaban J connectivity index is 1.66. The van der Waals surface area contributed by atoms with E-state index in [1.807, 2.05) is 0 Å². The Morgan fingerprint density at radius 2 is 1.80 bits per heavy atom. The van der Waals surface area contributed by atoms with Gasteiger partial charge in [-0.05, 0) is 44.2 Å². The molecule has 0 aromatic heterocycles. The van der Waals surface area contributed by atoms with Gasteiger partial charge in [-0.25, -0.2) is 0 Å². The summed E-state index contributed by atoms with van der Waals surface area (Å²) in [5.41, 5.74) is 1.30. The van der Waals surface area contributed by atoms with E-state index in [-0.39, 0.29) is 12.3 Å². The van der Waals surface area contributed by atoms with Crippen molar-refractivity contribution in [2.24, 2.45) is 0 Å². The molecular formula is C18H19N3O4. The third-order valence-corrected chi connectivity index (χ3v) is 5.17. The highest BCUT2D eigenvalue weighted by Crippen LogP contribution is 2.34. The summed E-state index contributed by atoms with van der Waals surface area (Å²) in [4.78, 5) is 50.6. The van der Waals surface area contributed by atoms with Crippen molar-refractivity contribution in [3.05, 3.63) is 29.3 Å². The van der Waals surface area contributed by atoms with E-state index >= 15 is 0 Å². The first-order valence-corrected chi connectivity index (χ1v) is 8.67. The Hall–Kier alpha value is -2.70. The van der Waals surface area contributed by atoms with E-state index in [2.05, 4.69) is 10.6 Å². The van der Waals surface area contributed by atoms with Crippen molar-refractivity contribution in [3.63, 3.8) is 0 Å². The largest absolute Gasteiger partial charge is 0.382 e. The first-order valence-electron chi connectivity index (χ1n) is 8.67. The van der Waals surface area contributed by atoms with Crippen molar-refractivity contribution in [3.8, 4) is 0 Å². The van der Waals surface area contributed by atoms with E-state index in [1.54, 1.807) is 18.2 Å². The smallest absolute Gasteiger partial charge is 0.264 e. The minimum Gasteiger partial charge on any atom is -0.382 e. The molecule has 0 bridgehead atoms. The van der Waals surface area contributed by atoms with Gasteiger partial charge in [0.25, 0.3) is 11.8 Å². The van der Waals surface area contributed by atoms with Crippen LogP contribution in [0.15, 0.2) is 18.2 Å². The lowest BCUT2D eigenvalue weighted by Crippen LogP contribution is -2.49. The van der Waals surface area contributed by atoms with Crippen LogP contribution in [-0.4, -0.2) is 40.6 Å². The third kappa shape index (κ3) is 2.59. The topological polar surface area (TPSA) is 95.6 Å². The number of carbonyl (C=O) groups is 4. The molecule has 1 saturated carbocycles. The van der Waals surface area contributed by atoms with E-state index < -0.39 is 23.8 Å². The van der Waals surface area contributed by atoms with Gasteiger partial charge in [0.2, 0.25) is 11.8 Å². The molecule has 1 saturated heterocycles. The summed E-state index contributed by atoms with van der Waals surface area (Å²) >= 11 is 0. The Kier molecular flexibility index (Phi) is 3.78. The number of hydrogen-bond acceptors (Lipinski definition) is 5. The van der Waals surface area contributed by atoms with Crippen LogP contribution >= 0.6 is 0 Å². The second-order valence-corrected chi connectivity index (χ2v) is 6.80. The molecule has 25 heavy (non-hydrogen) atoms. The molecule has 1 atom stereocenters. The molecule has 7 heteroatoms. The Morgan fingerprint density at radius 1 is 1.00 bits per heavy atom. The molecule has 3 aliphatic rings. The number of carbonyl (C=O) groups excluding carboxylic acids is 4. The molecule has 1 aromatic carbocycles. The minimum atomic E-state index is -0.935. The van der Waals surface area contributed by atoms with Crippen LogP contribution in [0, 0.1) is 0 Å². The number of fused-ring (bicyclic) bond motifs is 1. The van der Waals surface area contributed by atoms with Crippen LogP contribution in [0.2, 0.25) is 0 Å². The zero-order chi connectivity index (χ0) is 17.6. The molecule has 2 aliphatic heterocycles. The first-order chi connectivity index (χ1) is 12.1. The summed E-state index contributed by atoms with van der Waals surface area (Å²) in [6.07, 6.45) is 4.23. The van der Waals surface area contributed by atoms with Crippen molar-refractivity contribution < 1.29 is 19.2 Å². The van der Waals surface area contributed by atoms with Crippen molar-refractivity contribution >= 4 is 29.3 Å². The van der Waals surface area contributed by atoms with Gasteiger partial charge < -0.3 is 5.32 Å². The molecule has 4 amide bonds. The zero-order valence-electron chi connectivity index (χ0n) is 13.7. The van der Waals surface area contributed by atoms with E-state index in [1.165, 1.54) is 0 Å². The highest BCUT2D eigenvalue weighted by atomic mass is 16.2. The maximum atomic E-state index is 13.0. The van der Waals surface area contributed by atoms with E-state index in [0.29, 0.717) is 35.7 Å². The molecular weight excluding hydrogens is 322 g/mol. The van der Waals surface area contributed by atoms with Crippen LogP contribution in [0.3, 0.4) is 0 Å². The zero-order valence-corrected chi connectivity index (χ0v) is 13.7. The van der Waals surface area contributed by atoms with Gasteiger partial charge in [0.15, 0.2) is 0 Å². The maximum absolute atomic E-state index is 13.0. The van der Waals surface area contributed by atoms with Gasteiger partial charge in [-0.3, -0.25) is 29.4 Å². The second kappa shape index (κ2) is 5.98. The number of anilines is 1. The van der Waals surface area contributed by atoms with Crippen LogP contribution in [0.25, 0.3) is 0 Å². The molecule has 7 nitrogen and oxygen atoms in total. The molecule has 130 valence electrons. The van der Waals surface area contributed by atoms with E-state index in [4.69, 9.17) is 0 Å². The molecule has 1 aliphatic carbocycles. The molecule has 0 radical (unpaired) electrons. The Morgan fingerprint density at radius 3 is 2.52 bits per heavy atom. The summed E-state index contributed by atoms with van der Waals surface area (Å²) in [5, 5.41) is 5.59. The van der Waals surface area contributed by atoms with Gasteiger partial charge in [0, 0.05) is 18.2 Å². The molecule has 2 heterocycles. The quantitative estimate of drug-likeness (QED) is 0.811. The highest BCUT2D eigenvalue weighted by Gasteiger charge is 2.45. The van der Waals surface area contributed by atoms with Crippen LogP contribution in [0.1, 0.15) is 59.2 Å². The molecule has 2 fully saturated rings. The van der Waals surface area contributed by atoms with Gasteiger partial charge >= 0.3 is 0 Å². The van der Waals surface area contributed by atoms with Gasteiger partial charge in [0.1, 0.15) is 6.04 Å². The first kappa shape index (κ1) is 15.8. The number of imide groups is 2. The Bertz CT molecular complexity index is 785. The van der Waals surface area contributed by atoms with Gasteiger partial charge in [0.05, 0.1) is 11.1 Å². The van der Waals surface area contributed by atoms with Crippen LogP contribution < -0.4 is 10.6 Å². The summed E-state index contributed by atoms with van der Waals surface area (Å²) in [7, 11) is 0. The van der Waals surface area contributed by atoms with Crippen molar-refractivity contribution in [2.45, 2.75) is 50.6 Å². The summed E-state index contributed by atoms with van der Waals surface area (Å²) in [5.74, 6) is -1.87. The predicted octanol–water partition coefficient (Wildman–Crippen LogP) is 1.44. The fourth-order valence-corrected chi connectivity index (χ4v) is 3.60. The SMILES string of the molecule is O=C1CCCC(N2C(=O)c3cccc(NC4CCC4)c3C2=O)C(=O)N1. The number of benzene rings is 1. The third-order valence-electron chi connectivity index (χ3n) is 5.17. The number of nitrogens with one attached hydrogen (secondary N) is 2. The minimum absolute atomic E-state index is 0.222. The fraction of sp³-hybridized carbons (Fsp3) is 0.444. The predicted molar refractivity (Wildman–Crippen MR) is 89.0 cm³/mol. The average molecular weight is 341 g/mol. The number of hydrogen-bond donors (Lipinski definition) is 2. The van der Waals surface area contributed by atoms with Gasteiger partial charge in [-0.15, -0.1) is 0 Å². The summed E-state index contributed by atoms with van der Waals surface area (Å²) < 4.78 is 0. The highest BCUT2D eigenvalue weighted by molar-refractivity contribution is 6.25. The second-order valence-electron chi connectivity index (χ2n) is 6.80. The number of rotatable bonds is 3. The van der Waals surface area contributed by atoms with Crippen molar-refractivity contribution in [1.29, 1.82) is 0 Å². The molecule has 0 spiro atoms. The standard InChI is InChI=1S/C18H19N3O4/c22-14-9-3-8-13(16(23)20-14)21-17(24)11-6-2-7-12(15(11)18(21)25)19-10-4-1-5-10/h2,6-7,10,13,19H,1,3-5,8-9H2,(H,20,22,23). The lowest BCUT2D eigenvalue weighted by molar-refractivity contribution is -0.131. The summed E-state index contributed by atoms with van der Waals surface area (Å²) in [6.45, 7) is 0. The van der Waals surface area contributed by atoms with Crippen molar-refractivity contribution in [1.82, 2.24) is 10.2 Å². The summed E-state index contributed by atoms with van der Waals surface area (Å²) in [6, 6.07) is 4.53. The molecule has 1 unspecified atom stereocenters. The van der Waals surface area contributed by atoms with Crippen LogP contribution in [-0.2, 0) is 9.59 Å². The molecule has 4 rings (SSSR count). The molecule has 1 aromatic rings. The lowest BCUT2D eigenvalue weighted by Gasteiger charge is -2.28. The van der Waals surface area contributed by atoms with Crippen LogP contribution in [0.4, 0.5) is 5.69 Å². The number of nitrogens with zero attached hydrogens (tertiary/aromatic N) is 1. The van der Waals surface area contributed by atoms with Gasteiger partial charge in [-0.2, -0.15) is 0 Å². The Labute approximate surface area is 144 Å². The average Bonchev–Trinajstić information content (AvgIpc) is 2.68. The maximum Gasteiger partial charge on any atom is 0.264 e. The van der Waals surface area contributed by atoms with E-state index in [0.717, 1.165) is 24.2 Å². The monoisotopic (exact) mass is 341 g/mol.